The van der Waals surface area contributed by atoms with Crippen LogP contribution in [-0.4, -0.2) is 19.7 Å². The van der Waals surface area contributed by atoms with Crippen LogP contribution in [0.5, 0.6) is 0 Å². The first-order chi connectivity index (χ1) is 11.6. The summed E-state index contributed by atoms with van der Waals surface area (Å²) < 4.78 is 20.5. The van der Waals surface area contributed by atoms with Crippen molar-refractivity contribution in [3.8, 4) is 11.4 Å². The Morgan fingerprint density at radius 3 is 2.79 bits per heavy atom. The van der Waals surface area contributed by atoms with Gasteiger partial charge in [0.05, 0.1) is 11.6 Å². The molecule has 0 N–H and O–H groups in total. The zero-order valence-corrected chi connectivity index (χ0v) is 13.2. The molecule has 122 valence electrons. The number of hydrogen-bond acceptors (Lipinski definition) is 6. The topological polar surface area (TPSA) is 87.0 Å². The van der Waals surface area contributed by atoms with Gasteiger partial charge in [-0.3, -0.25) is 10.1 Å². The van der Waals surface area contributed by atoms with E-state index in [-0.39, 0.29) is 11.7 Å². The van der Waals surface area contributed by atoms with Crippen LogP contribution in [0.3, 0.4) is 0 Å². The Morgan fingerprint density at radius 2 is 2.08 bits per heavy atom. The summed E-state index contributed by atoms with van der Waals surface area (Å²) in [6, 6.07) is 9.10. The van der Waals surface area contributed by atoms with E-state index in [1.54, 1.807) is 41.3 Å². The molecule has 0 aliphatic rings. The highest BCUT2D eigenvalue weighted by molar-refractivity contribution is 8.02. The van der Waals surface area contributed by atoms with Gasteiger partial charge in [0.25, 0.3) is 0 Å². The van der Waals surface area contributed by atoms with E-state index in [1.165, 1.54) is 30.0 Å². The molecule has 2 heterocycles. The van der Waals surface area contributed by atoms with E-state index in [4.69, 9.17) is 4.42 Å². The van der Waals surface area contributed by atoms with Crippen LogP contribution in [0.15, 0.2) is 51.4 Å². The minimum Gasteiger partial charge on any atom is -0.401 e. The lowest BCUT2D eigenvalue weighted by atomic mass is 10.2. The molecule has 0 atom stereocenters. The van der Waals surface area contributed by atoms with Gasteiger partial charge < -0.3 is 8.98 Å². The van der Waals surface area contributed by atoms with Crippen LogP contribution < -0.4 is 0 Å². The Balaban J connectivity index is 1.76. The second kappa shape index (κ2) is 6.67. The van der Waals surface area contributed by atoms with E-state index in [9.17, 15) is 14.5 Å². The minimum atomic E-state index is -0.603. The van der Waals surface area contributed by atoms with Gasteiger partial charge in [-0.2, -0.15) is 0 Å². The third kappa shape index (κ3) is 3.20. The van der Waals surface area contributed by atoms with Crippen molar-refractivity contribution in [3.05, 3.63) is 63.5 Å². The molecule has 2 aromatic heterocycles. The van der Waals surface area contributed by atoms with Gasteiger partial charge in [0.1, 0.15) is 16.5 Å². The number of nitro groups is 1. The highest BCUT2D eigenvalue weighted by atomic mass is 32.2. The molecule has 0 saturated carbocycles. The summed E-state index contributed by atoms with van der Waals surface area (Å²) in [5.74, 6) is 0.0754. The summed E-state index contributed by atoms with van der Waals surface area (Å²) in [7, 11) is 1.73. The van der Waals surface area contributed by atoms with Crippen LogP contribution in [0, 0.1) is 15.9 Å². The second-order valence-corrected chi connectivity index (χ2v) is 5.57. The van der Waals surface area contributed by atoms with Gasteiger partial charge in [-0.25, -0.2) is 4.39 Å². The first-order valence-corrected chi connectivity index (χ1v) is 7.66. The molecule has 9 heteroatoms. The Morgan fingerprint density at radius 1 is 1.29 bits per heavy atom. The summed E-state index contributed by atoms with van der Waals surface area (Å²) in [6.07, 6.45) is 1.58. The largest absolute Gasteiger partial charge is 0.433 e. The lowest BCUT2D eigenvalue weighted by Gasteiger charge is -2.03. The van der Waals surface area contributed by atoms with E-state index >= 15 is 0 Å². The maximum atomic E-state index is 13.8. The maximum Gasteiger partial charge on any atom is 0.433 e. The molecule has 0 amide bonds. The molecule has 7 nitrogen and oxygen atoms in total. The molecule has 3 rings (SSSR count). The van der Waals surface area contributed by atoms with Crippen molar-refractivity contribution in [2.75, 3.05) is 0 Å². The fraction of sp³-hybridized carbons (Fsp3) is 0.0667. The average Bonchev–Trinajstić information content (AvgIpc) is 3.16. The summed E-state index contributed by atoms with van der Waals surface area (Å²) in [5, 5.41) is 20.8. The summed E-state index contributed by atoms with van der Waals surface area (Å²) in [4.78, 5) is 9.95. The van der Waals surface area contributed by atoms with Crippen molar-refractivity contribution in [1.29, 1.82) is 0 Å². The molecule has 0 bridgehead atoms. The van der Waals surface area contributed by atoms with Crippen LogP contribution in [0.4, 0.5) is 10.3 Å². The normalized spacial score (nSPS) is 11.2. The van der Waals surface area contributed by atoms with E-state index in [2.05, 4.69) is 10.2 Å². The van der Waals surface area contributed by atoms with E-state index < -0.39 is 4.92 Å². The Hall–Kier alpha value is -2.94. The highest BCUT2D eigenvalue weighted by Crippen LogP contribution is 2.26. The van der Waals surface area contributed by atoms with Crippen molar-refractivity contribution < 1.29 is 13.7 Å². The first-order valence-electron chi connectivity index (χ1n) is 6.78. The summed E-state index contributed by atoms with van der Waals surface area (Å²) in [5.41, 5.74) is 0.366. The van der Waals surface area contributed by atoms with Crippen molar-refractivity contribution in [2.45, 2.75) is 5.16 Å². The predicted octanol–water partition coefficient (Wildman–Crippen LogP) is 3.89. The van der Waals surface area contributed by atoms with E-state index in [0.29, 0.717) is 22.3 Å². The van der Waals surface area contributed by atoms with Crippen LogP contribution in [0.1, 0.15) is 5.76 Å². The van der Waals surface area contributed by atoms with Crippen LogP contribution in [-0.2, 0) is 7.05 Å². The number of nitrogens with zero attached hydrogens (tertiary/aromatic N) is 4. The van der Waals surface area contributed by atoms with E-state index in [1.807, 2.05) is 0 Å². The standard InChI is InChI=1S/C15H11FN4O3S/c1-19-14(11-4-2-3-5-12(11)16)17-18-15(19)24-9-8-10-6-7-13(23-10)20(21)22/h2-9H,1H3/b9-8+. The zero-order valence-electron chi connectivity index (χ0n) is 12.4. The van der Waals surface area contributed by atoms with Crippen molar-refractivity contribution in [1.82, 2.24) is 14.8 Å². The van der Waals surface area contributed by atoms with Gasteiger partial charge in [0.2, 0.25) is 0 Å². The third-order valence-electron chi connectivity index (χ3n) is 3.15. The Bertz CT molecular complexity index is 919. The van der Waals surface area contributed by atoms with Crippen molar-refractivity contribution in [2.24, 2.45) is 7.05 Å². The Kier molecular flexibility index (Phi) is 4.43. The lowest BCUT2D eigenvalue weighted by molar-refractivity contribution is -0.402. The quantitative estimate of drug-likeness (QED) is 0.396. The second-order valence-electron chi connectivity index (χ2n) is 4.70. The number of halogens is 1. The monoisotopic (exact) mass is 346 g/mol. The van der Waals surface area contributed by atoms with Gasteiger partial charge >= 0.3 is 5.88 Å². The maximum absolute atomic E-state index is 13.8. The van der Waals surface area contributed by atoms with Gasteiger partial charge in [0.15, 0.2) is 11.0 Å². The fourth-order valence-corrected chi connectivity index (χ4v) is 2.64. The molecule has 3 aromatic rings. The number of rotatable bonds is 5. The smallest absolute Gasteiger partial charge is 0.401 e. The molecular formula is C15H11FN4O3S. The number of furan rings is 1. The third-order valence-corrected chi connectivity index (χ3v) is 3.99. The molecule has 0 saturated heterocycles. The molecule has 0 radical (unpaired) electrons. The molecule has 0 fully saturated rings. The van der Waals surface area contributed by atoms with Gasteiger partial charge in [-0.05, 0) is 29.7 Å². The summed E-state index contributed by atoms with van der Waals surface area (Å²) >= 11 is 1.24. The van der Waals surface area contributed by atoms with Crippen molar-refractivity contribution >= 4 is 23.7 Å². The fourth-order valence-electron chi connectivity index (χ4n) is 1.99. The molecule has 0 spiro atoms. The lowest BCUT2D eigenvalue weighted by Crippen LogP contribution is -1.95. The molecule has 0 unspecified atom stereocenters. The van der Waals surface area contributed by atoms with Gasteiger partial charge in [-0.1, -0.05) is 23.9 Å². The summed E-state index contributed by atoms with van der Waals surface area (Å²) in [6.45, 7) is 0. The number of benzene rings is 1. The molecule has 0 aliphatic heterocycles. The number of aromatic nitrogens is 3. The van der Waals surface area contributed by atoms with Crippen LogP contribution in [0.2, 0.25) is 0 Å². The van der Waals surface area contributed by atoms with Crippen LogP contribution in [0.25, 0.3) is 17.5 Å². The number of hydrogen-bond donors (Lipinski definition) is 0. The van der Waals surface area contributed by atoms with Gasteiger partial charge in [0, 0.05) is 7.05 Å². The Labute approximate surface area is 140 Å². The molecule has 1 aromatic carbocycles. The predicted molar refractivity (Wildman–Crippen MR) is 86.7 cm³/mol. The highest BCUT2D eigenvalue weighted by Gasteiger charge is 2.14. The first kappa shape index (κ1) is 15.9. The number of thioether (sulfide) groups is 1. The minimum absolute atomic E-state index is 0.319. The molecular weight excluding hydrogens is 335 g/mol. The van der Waals surface area contributed by atoms with Gasteiger partial charge in [-0.15, -0.1) is 10.2 Å². The zero-order chi connectivity index (χ0) is 17.1. The molecule has 24 heavy (non-hydrogen) atoms. The SMILES string of the molecule is Cn1c(S/C=C/c2ccc([N+](=O)[O-])o2)nnc1-c1ccccc1F. The van der Waals surface area contributed by atoms with Crippen molar-refractivity contribution in [3.63, 3.8) is 0 Å². The molecule has 0 aliphatic carbocycles. The average molecular weight is 346 g/mol. The van der Waals surface area contributed by atoms with Crippen LogP contribution >= 0.6 is 11.8 Å². The van der Waals surface area contributed by atoms with E-state index in [0.717, 1.165) is 0 Å².